The van der Waals surface area contributed by atoms with Crippen molar-refractivity contribution < 1.29 is 24.2 Å². The van der Waals surface area contributed by atoms with E-state index >= 15 is 0 Å². The molecular weight excluding hydrogens is 454 g/mol. The van der Waals surface area contributed by atoms with E-state index in [1.807, 2.05) is 36.4 Å². The molecule has 36 heavy (non-hydrogen) atoms. The SMILES string of the molecule is COc1ccc(/C=C/CCCCOc2cccc(CCCCCC(=O)N(C)C)c2CCC(=O)O)cc1. The van der Waals surface area contributed by atoms with Gasteiger partial charge in [0.1, 0.15) is 11.5 Å². The molecule has 0 aliphatic rings. The highest BCUT2D eigenvalue weighted by Crippen LogP contribution is 2.26. The van der Waals surface area contributed by atoms with Gasteiger partial charge < -0.3 is 19.5 Å². The van der Waals surface area contributed by atoms with Gasteiger partial charge in [-0.1, -0.05) is 42.8 Å². The third kappa shape index (κ3) is 11.0. The molecule has 0 radical (unpaired) electrons. The van der Waals surface area contributed by atoms with Crippen LogP contribution in [0.1, 0.15) is 68.1 Å². The lowest BCUT2D eigenvalue weighted by atomic mass is 9.96. The first-order valence-electron chi connectivity index (χ1n) is 12.9. The summed E-state index contributed by atoms with van der Waals surface area (Å²) >= 11 is 0. The van der Waals surface area contributed by atoms with Crippen molar-refractivity contribution in [1.82, 2.24) is 4.90 Å². The van der Waals surface area contributed by atoms with Gasteiger partial charge in [-0.05, 0) is 79.8 Å². The second-order valence-electron chi connectivity index (χ2n) is 9.16. The highest BCUT2D eigenvalue weighted by atomic mass is 16.5. The summed E-state index contributed by atoms with van der Waals surface area (Å²) in [5.41, 5.74) is 3.30. The summed E-state index contributed by atoms with van der Waals surface area (Å²) in [6.07, 6.45) is 12.0. The Balaban J connectivity index is 1.81. The minimum absolute atomic E-state index is 0.0842. The van der Waals surface area contributed by atoms with E-state index in [1.54, 1.807) is 26.1 Å². The molecule has 0 aromatic heterocycles. The van der Waals surface area contributed by atoms with Crippen molar-refractivity contribution in [2.45, 2.75) is 64.2 Å². The average molecular weight is 496 g/mol. The number of allylic oxidation sites excluding steroid dienone is 1. The Morgan fingerprint density at radius 3 is 2.39 bits per heavy atom. The highest BCUT2D eigenvalue weighted by molar-refractivity contribution is 5.75. The van der Waals surface area contributed by atoms with Crippen LogP contribution >= 0.6 is 0 Å². The zero-order valence-electron chi connectivity index (χ0n) is 22.0. The number of carbonyl (C=O) groups is 2. The molecule has 196 valence electrons. The third-order valence-corrected chi connectivity index (χ3v) is 6.10. The normalized spacial score (nSPS) is 11.0. The third-order valence-electron chi connectivity index (χ3n) is 6.10. The number of ether oxygens (including phenoxy) is 2. The molecule has 1 amide bonds. The molecule has 6 heteroatoms. The zero-order chi connectivity index (χ0) is 26.2. The maximum atomic E-state index is 11.7. The second-order valence-corrected chi connectivity index (χ2v) is 9.16. The molecular formula is C30H41NO5. The van der Waals surface area contributed by atoms with Gasteiger partial charge in [0.2, 0.25) is 5.91 Å². The van der Waals surface area contributed by atoms with Crippen molar-refractivity contribution in [2.75, 3.05) is 27.8 Å². The second kappa shape index (κ2) is 16.4. The lowest BCUT2D eigenvalue weighted by molar-refractivity contribution is -0.137. The molecule has 0 fully saturated rings. The van der Waals surface area contributed by atoms with Gasteiger partial charge in [-0.15, -0.1) is 0 Å². The van der Waals surface area contributed by atoms with Gasteiger partial charge in [-0.2, -0.15) is 0 Å². The molecule has 0 spiro atoms. The molecule has 2 rings (SSSR count). The van der Waals surface area contributed by atoms with Crippen LogP contribution in [0.15, 0.2) is 48.5 Å². The average Bonchev–Trinajstić information content (AvgIpc) is 2.87. The van der Waals surface area contributed by atoms with Gasteiger partial charge in [0, 0.05) is 26.9 Å². The van der Waals surface area contributed by atoms with Gasteiger partial charge in [0.15, 0.2) is 0 Å². The Labute approximate surface area is 215 Å². The molecule has 1 N–H and O–H groups in total. The number of rotatable bonds is 17. The highest BCUT2D eigenvalue weighted by Gasteiger charge is 2.12. The molecule has 0 atom stereocenters. The van der Waals surface area contributed by atoms with E-state index in [0.29, 0.717) is 19.4 Å². The summed E-state index contributed by atoms with van der Waals surface area (Å²) in [4.78, 5) is 24.6. The minimum Gasteiger partial charge on any atom is -0.497 e. The van der Waals surface area contributed by atoms with Crippen LogP contribution in [0.3, 0.4) is 0 Å². The fourth-order valence-corrected chi connectivity index (χ4v) is 3.97. The topological polar surface area (TPSA) is 76.1 Å². The first kappa shape index (κ1) is 29.0. The van der Waals surface area contributed by atoms with Crippen molar-refractivity contribution in [2.24, 2.45) is 0 Å². The monoisotopic (exact) mass is 495 g/mol. The van der Waals surface area contributed by atoms with Gasteiger partial charge in [-0.25, -0.2) is 0 Å². The molecule has 0 heterocycles. The number of unbranched alkanes of at least 4 members (excludes halogenated alkanes) is 4. The molecule has 0 unspecified atom stereocenters. The van der Waals surface area contributed by atoms with Crippen LogP contribution in [-0.2, 0) is 22.4 Å². The van der Waals surface area contributed by atoms with E-state index in [-0.39, 0.29) is 12.3 Å². The zero-order valence-corrected chi connectivity index (χ0v) is 22.0. The van der Waals surface area contributed by atoms with Crippen LogP contribution in [0.25, 0.3) is 6.08 Å². The van der Waals surface area contributed by atoms with Crippen molar-refractivity contribution in [3.05, 3.63) is 65.2 Å². The number of hydrogen-bond acceptors (Lipinski definition) is 4. The summed E-state index contributed by atoms with van der Waals surface area (Å²) in [5.74, 6) is 1.00. The Morgan fingerprint density at radius 1 is 0.917 bits per heavy atom. The molecule has 0 aliphatic carbocycles. The van der Waals surface area contributed by atoms with Crippen molar-refractivity contribution in [3.8, 4) is 11.5 Å². The number of amides is 1. The van der Waals surface area contributed by atoms with Gasteiger partial charge in [0.25, 0.3) is 0 Å². The predicted octanol–water partition coefficient (Wildman–Crippen LogP) is 6.17. The molecule has 2 aromatic rings. The summed E-state index contributed by atoms with van der Waals surface area (Å²) in [5, 5.41) is 9.22. The maximum absolute atomic E-state index is 11.7. The maximum Gasteiger partial charge on any atom is 0.303 e. The predicted molar refractivity (Wildman–Crippen MR) is 145 cm³/mol. The number of hydrogen-bond donors (Lipinski definition) is 1. The molecule has 0 saturated heterocycles. The number of aryl methyl sites for hydroxylation is 1. The van der Waals surface area contributed by atoms with Crippen LogP contribution in [0.4, 0.5) is 0 Å². The number of carbonyl (C=O) groups excluding carboxylic acids is 1. The number of methoxy groups -OCH3 is 1. The summed E-state index contributed by atoms with van der Waals surface area (Å²) in [6.45, 7) is 0.604. The summed E-state index contributed by atoms with van der Waals surface area (Å²) in [7, 11) is 5.22. The van der Waals surface area contributed by atoms with Crippen LogP contribution in [0, 0.1) is 0 Å². The number of nitrogens with zero attached hydrogens (tertiary/aromatic N) is 1. The quantitative estimate of drug-likeness (QED) is 0.266. The first-order valence-corrected chi connectivity index (χ1v) is 12.9. The largest absolute Gasteiger partial charge is 0.497 e. The minimum atomic E-state index is -0.804. The number of benzene rings is 2. The fourth-order valence-electron chi connectivity index (χ4n) is 3.97. The molecule has 2 aromatic carbocycles. The number of carboxylic acid groups (broad SMARTS) is 1. The lowest BCUT2D eigenvalue weighted by Gasteiger charge is -2.16. The van der Waals surface area contributed by atoms with Gasteiger partial charge in [-0.3, -0.25) is 9.59 Å². The van der Waals surface area contributed by atoms with Crippen molar-refractivity contribution in [1.29, 1.82) is 0 Å². The van der Waals surface area contributed by atoms with Crippen molar-refractivity contribution in [3.63, 3.8) is 0 Å². The van der Waals surface area contributed by atoms with Gasteiger partial charge in [0.05, 0.1) is 13.7 Å². The Morgan fingerprint density at radius 2 is 1.69 bits per heavy atom. The molecule has 0 saturated carbocycles. The molecule has 0 aliphatic heterocycles. The van der Waals surface area contributed by atoms with E-state index in [1.165, 1.54) is 0 Å². The van der Waals surface area contributed by atoms with E-state index in [2.05, 4.69) is 18.2 Å². The van der Waals surface area contributed by atoms with Crippen LogP contribution < -0.4 is 9.47 Å². The first-order chi connectivity index (χ1) is 17.4. The smallest absolute Gasteiger partial charge is 0.303 e. The summed E-state index contributed by atoms with van der Waals surface area (Å²) in [6, 6.07) is 14.0. The molecule has 0 bridgehead atoms. The lowest BCUT2D eigenvalue weighted by Crippen LogP contribution is -2.21. The van der Waals surface area contributed by atoms with Crippen molar-refractivity contribution >= 4 is 18.0 Å². The summed E-state index contributed by atoms with van der Waals surface area (Å²) < 4.78 is 11.3. The van der Waals surface area contributed by atoms with Crippen LogP contribution in [-0.4, -0.2) is 49.7 Å². The Bertz CT molecular complexity index is 966. The van der Waals surface area contributed by atoms with E-state index in [0.717, 1.165) is 73.1 Å². The van der Waals surface area contributed by atoms with Gasteiger partial charge >= 0.3 is 5.97 Å². The fraction of sp³-hybridized carbons (Fsp3) is 0.467. The Kier molecular flexibility index (Phi) is 13.2. The van der Waals surface area contributed by atoms with E-state index in [4.69, 9.17) is 9.47 Å². The van der Waals surface area contributed by atoms with Crippen LogP contribution in [0.2, 0.25) is 0 Å². The standard InChI is InChI=1S/C30H41NO5/c1-31(2)29(32)16-9-6-8-13-25-14-11-15-28(27(25)21-22-30(33)34)36-23-10-5-4-7-12-24-17-19-26(35-3)20-18-24/h7,11-12,14-15,17-20H,4-6,8-10,13,16,21-23H2,1-3H3,(H,33,34)/b12-7+. The Hall–Kier alpha value is -3.28. The molecule has 6 nitrogen and oxygen atoms in total. The van der Waals surface area contributed by atoms with E-state index < -0.39 is 5.97 Å². The number of carboxylic acids is 1. The van der Waals surface area contributed by atoms with E-state index in [9.17, 15) is 14.7 Å². The van der Waals surface area contributed by atoms with Crippen LogP contribution in [0.5, 0.6) is 11.5 Å². The number of aliphatic carboxylic acids is 1.